The number of carbonyl (C=O) groups is 1. The van der Waals surface area contributed by atoms with Crippen LogP contribution in [0.5, 0.6) is 0 Å². The molecule has 0 atom stereocenters. The molecule has 1 aromatic rings. The van der Waals surface area contributed by atoms with Gasteiger partial charge in [0, 0.05) is 24.5 Å². The molecule has 0 spiro atoms. The van der Waals surface area contributed by atoms with Crippen molar-refractivity contribution in [1.82, 2.24) is 10.3 Å². The van der Waals surface area contributed by atoms with Crippen LogP contribution in [0.4, 0.5) is 0 Å². The van der Waals surface area contributed by atoms with Crippen LogP contribution in [0.15, 0.2) is 18.3 Å². The Labute approximate surface area is 78.2 Å². The van der Waals surface area contributed by atoms with Gasteiger partial charge in [-0.2, -0.15) is 0 Å². The van der Waals surface area contributed by atoms with E-state index in [1.165, 1.54) is 0 Å². The van der Waals surface area contributed by atoms with Crippen LogP contribution in [0.1, 0.15) is 29.4 Å². The van der Waals surface area contributed by atoms with E-state index in [0.717, 1.165) is 18.5 Å². The fraction of sp³-hybridized carbons (Fsp3) is 0.400. The summed E-state index contributed by atoms with van der Waals surface area (Å²) < 4.78 is 0. The highest BCUT2D eigenvalue weighted by atomic mass is 16.1. The van der Waals surface area contributed by atoms with Crippen LogP contribution in [-0.4, -0.2) is 17.9 Å². The van der Waals surface area contributed by atoms with Gasteiger partial charge in [-0.25, -0.2) is 0 Å². The van der Waals surface area contributed by atoms with Gasteiger partial charge in [0.15, 0.2) is 0 Å². The smallest absolute Gasteiger partial charge is 0.251 e. The first kappa shape index (κ1) is 9.71. The fourth-order valence-electron chi connectivity index (χ4n) is 1.16. The van der Waals surface area contributed by atoms with E-state index in [2.05, 4.69) is 17.2 Å². The zero-order chi connectivity index (χ0) is 9.68. The number of amides is 1. The summed E-state index contributed by atoms with van der Waals surface area (Å²) in [7, 11) is 1.63. The van der Waals surface area contributed by atoms with Crippen molar-refractivity contribution in [3.8, 4) is 0 Å². The molecule has 1 amide bonds. The van der Waals surface area contributed by atoms with Crippen molar-refractivity contribution in [3.63, 3.8) is 0 Å². The number of hydrogen-bond acceptors (Lipinski definition) is 2. The molecule has 0 radical (unpaired) electrons. The normalized spacial score (nSPS) is 9.69. The molecular formula is C10H14N2O. The van der Waals surface area contributed by atoms with Crippen molar-refractivity contribution in [3.05, 3.63) is 29.6 Å². The third-order valence-electron chi connectivity index (χ3n) is 1.81. The van der Waals surface area contributed by atoms with Crippen LogP contribution >= 0.6 is 0 Å². The minimum Gasteiger partial charge on any atom is -0.355 e. The van der Waals surface area contributed by atoms with E-state index in [-0.39, 0.29) is 5.91 Å². The first-order chi connectivity index (χ1) is 6.27. The highest BCUT2D eigenvalue weighted by Gasteiger charge is 2.03. The number of carbonyl (C=O) groups excluding carboxylic acids is 1. The zero-order valence-corrected chi connectivity index (χ0v) is 8.00. The van der Waals surface area contributed by atoms with Crippen molar-refractivity contribution < 1.29 is 4.79 Å². The third kappa shape index (κ3) is 2.54. The summed E-state index contributed by atoms with van der Waals surface area (Å²) in [6.45, 7) is 2.09. The molecule has 0 aliphatic heterocycles. The van der Waals surface area contributed by atoms with Gasteiger partial charge in [0.25, 0.3) is 5.91 Å². The van der Waals surface area contributed by atoms with Crippen LogP contribution in [0.2, 0.25) is 0 Å². The molecule has 0 aliphatic carbocycles. The van der Waals surface area contributed by atoms with Crippen LogP contribution in [0.25, 0.3) is 0 Å². The van der Waals surface area contributed by atoms with Crippen LogP contribution in [-0.2, 0) is 6.42 Å². The van der Waals surface area contributed by atoms with Crippen molar-refractivity contribution >= 4 is 5.91 Å². The standard InChI is InChI=1S/C10H14N2O/c1-3-4-9-7-8(5-6-12-9)10(13)11-2/h5-7H,3-4H2,1-2H3,(H,11,13). The van der Waals surface area contributed by atoms with E-state index < -0.39 is 0 Å². The first-order valence-electron chi connectivity index (χ1n) is 4.45. The highest BCUT2D eigenvalue weighted by Crippen LogP contribution is 2.03. The van der Waals surface area contributed by atoms with Crippen molar-refractivity contribution in [2.45, 2.75) is 19.8 Å². The maximum atomic E-state index is 11.2. The Kier molecular flexibility index (Phi) is 3.43. The second-order valence-corrected chi connectivity index (χ2v) is 2.86. The second kappa shape index (κ2) is 4.60. The molecule has 3 heteroatoms. The molecule has 1 heterocycles. The summed E-state index contributed by atoms with van der Waals surface area (Å²) in [6, 6.07) is 3.56. The Hall–Kier alpha value is -1.38. The van der Waals surface area contributed by atoms with Gasteiger partial charge in [-0.05, 0) is 18.6 Å². The lowest BCUT2D eigenvalue weighted by atomic mass is 10.1. The monoisotopic (exact) mass is 178 g/mol. The molecule has 0 aromatic carbocycles. The lowest BCUT2D eigenvalue weighted by molar-refractivity contribution is 0.0963. The number of aryl methyl sites for hydroxylation is 1. The van der Waals surface area contributed by atoms with E-state index in [4.69, 9.17) is 0 Å². The highest BCUT2D eigenvalue weighted by molar-refractivity contribution is 5.93. The Morgan fingerprint density at radius 1 is 1.62 bits per heavy atom. The molecular weight excluding hydrogens is 164 g/mol. The lowest BCUT2D eigenvalue weighted by Gasteiger charge is -2.01. The van der Waals surface area contributed by atoms with Gasteiger partial charge in [-0.15, -0.1) is 0 Å². The second-order valence-electron chi connectivity index (χ2n) is 2.86. The Morgan fingerprint density at radius 3 is 3.00 bits per heavy atom. The van der Waals surface area contributed by atoms with Gasteiger partial charge < -0.3 is 5.32 Å². The van der Waals surface area contributed by atoms with E-state index in [1.54, 1.807) is 19.3 Å². The van der Waals surface area contributed by atoms with Gasteiger partial charge in [-0.1, -0.05) is 13.3 Å². The molecule has 1 aromatic heterocycles. The van der Waals surface area contributed by atoms with Crippen molar-refractivity contribution in [1.29, 1.82) is 0 Å². The molecule has 13 heavy (non-hydrogen) atoms. The third-order valence-corrected chi connectivity index (χ3v) is 1.81. The molecule has 0 saturated carbocycles. The lowest BCUT2D eigenvalue weighted by Crippen LogP contribution is -2.18. The fourth-order valence-corrected chi connectivity index (χ4v) is 1.16. The molecule has 0 saturated heterocycles. The predicted octanol–water partition coefficient (Wildman–Crippen LogP) is 1.39. The zero-order valence-electron chi connectivity index (χ0n) is 8.00. The topological polar surface area (TPSA) is 42.0 Å². The number of pyridine rings is 1. The van der Waals surface area contributed by atoms with Crippen LogP contribution in [0, 0.1) is 0 Å². The molecule has 1 rings (SSSR count). The van der Waals surface area contributed by atoms with E-state index >= 15 is 0 Å². The summed E-state index contributed by atoms with van der Waals surface area (Å²) in [4.78, 5) is 15.4. The number of nitrogens with one attached hydrogen (secondary N) is 1. The van der Waals surface area contributed by atoms with E-state index in [1.807, 2.05) is 6.07 Å². The molecule has 1 N–H and O–H groups in total. The van der Waals surface area contributed by atoms with Crippen LogP contribution < -0.4 is 5.32 Å². The minimum absolute atomic E-state index is 0.0558. The number of nitrogens with zero attached hydrogens (tertiary/aromatic N) is 1. The van der Waals surface area contributed by atoms with Crippen molar-refractivity contribution in [2.24, 2.45) is 0 Å². The van der Waals surface area contributed by atoms with Gasteiger partial charge in [0.1, 0.15) is 0 Å². The molecule has 0 bridgehead atoms. The molecule has 0 unspecified atom stereocenters. The average Bonchev–Trinajstić information content (AvgIpc) is 2.18. The van der Waals surface area contributed by atoms with Crippen molar-refractivity contribution in [2.75, 3.05) is 7.05 Å². The minimum atomic E-state index is -0.0558. The SMILES string of the molecule is CCCc1cc(C(=O)NC)ccn1. The van der Waals surface area contributed by atoms with Gasteiger partial charge in [0.2, 0.25) is 0 Å². The molecule has 0 fully saturated rings. The van der Waals surface area contributed by atoms with E-state index in [0.29, 0.717) is 5.56 Å². The van der Waals surface area contributed by atoms with Gasteiger partial charge in [0.05, 0.1) is 0 Å². The summed E-state index contributed by atoms with van der Waals surface area (Å²) in [5, 5.41) is 2.58. The summed E-state index contributed by atoms with van der Waals surface area (Å²) in [6.07, 6.45) is 3.64. The average molecular weight is 178 g/mol. The quantitative estimate of drug-likeness (QED) is 0.760. The Balaban J connectivity index is 2.85. The summed E-state index contributed by atoms with van der Waals surface area (Å²) >= 11 is 0. The molecule has 0 aliphatic rings. The first-order valence-corrected chi connectivity index (χ1v) is 4.45. The molecule has 3 nitrogen and oxygen atoms in total. The number of aromatic nitrogens is 1. The van der Waals surface area contributed by atoms with Gasteiger partial charge in [-0.3, -0.25) is 9.78 Å². The van der Waals surface area contributed by atoms with Crippen LogP contribution in [0.3, 0.4) is 0 Å². The summed E-state index contributed by atoms with van der Waals surface area (Å²) in [5.74, 6) is -0.0558. The number of rotatable bonds is 3. The maximum absolute atomic E-state index is 11.2. The van der Waals surface area contributed by atoms with Gasteiger partial charge >= 0.3 is 0 Å². The molecule has 70 valence electrons. The Morgan fingerprint density at radius 2 is 2.38 bits per heavy atom. The summed E-state index contributed by atoms with van der Waals surface area (Å²) in [5.41, 5.74) is 1.66. The largest absolute Gasteiger partial charge is 0.355 e. The predicted molar refractivity (Wildman–Crippen MR) is 51.6 cm³/mol. The number of hydrogen-bond donors (Lipinski definition) is 1. The van der Waals surface area contributed by atoms with E-state index in [9.17, 15) is 4.79 Å². The maximum Gasteiger partial charge on any atom is 0.251 e. The Bertz CT molecular complexity index is 297.